The molecule has 2 rings (SSSR count). The van der Waals surface area contributed by atoms with Gasteiger partial charge in [0.1, 0.15) is 5.15 Å². The van der Waals surface area contributed by atoms with Gasteiger partial charge in [0, 0.05) is 0 Å². The van der Waals surface area contributed by atoms with E-state index in [0.717, 1.165) is 5.69 Å². The Labute approximate surface area is 108 Å². The number of alkyl halides is 1. The smallest absolute Gasteiger partial charge is 0.127 e. The van der Waals surface area contributed by atoms with E-state index in [1.54, 1.807) is 0 Å². The average Bonchev–Trinajstić information content (AvgIpc) is 2.62. The number of aromatic nitrogens is 2. The maximum Gasteiger partial charge on any atom is 0.127 e. The second-order valence-electron chi connectivity index (χ2n) is 3.65. The lowest BCUT2D eigenvalue weighted by Crippen LogP contribution is -2.02. The lowest BCUT2D eigenvalue weighted by atomic mass is 10.2. The van der Waals surface area contributed by atoms with Crippen LogP contribution in [0.5, 0.6) is 0 Å². The third-order valence-electron chi connectivity index (χ3n) is 2.33. The molecular formula is C12H12BrClN2. The molecule has 1 heterocycles. The quantitative estimate of drug-likeness (QED) is 0.782. The molecule has 16 heavy (non-hydrogen) atoms. The summed E-state index contributed by atoms with van der Waals surface area (Å²) in [6.07, 6.45) is 0. The molecule has 4 heteroatoms. The van der Waals surface area contributed by atoms with Crippen molar-refractivity contribution >= 4 is 27.5 Å². The van der Waals surface area contributed by atoms with Crippen LogP contribution in [0.2, 0.25) is 5.15 Å². The normalized spacial score (nSPS) is 12.7. The highest BCUT2D eigenvalue weighted by Gasteiger charge is 2.09. The Morgan fingerprint density at radius 1 is 1.38 bits per heavy atom. The molecule has 0 aliphatic heterocycles. The van der Waals surface area contributed by atoms with E-state index in [0.29, 0.717) is 11.7 Å². The topological polar surface area (TPSA) is 17.8 Å². The second-order valence-corrected chi connectivity index (χ2v) is 5.41. The Morgan fingerprint density at radius 3 is 2.62 bits per heavy atom. The predicted octanol–water partition coefficient (Wildman–Crippen LogP) is 4.04. The van der Waals surface area contributed by atoms with E-state index < -0.39 is 0 Å². The highest BCUT2D eigenvalue weighted by atomic mass is 79.9. The average molecular weight is 300 g/mol. The Bertz CT molecular complexity index is 465. The van der Waals surface area contributed by atoms with Gasteiger partial charge in [0.2, 0.25) is 0 Å². The molecule has 1 aromatic carbocycles. The van der Waals surface area contributed by atoms with Gasteiger partial charge < -0.3 is 0 Å². The maximum atomic E-state index is 6.12. The molecule has 0 saturated heterocycles. The van der Waals surface area contributed by atoms with Crippen molar-refractivity contribution < 1.29 is 0 Å². The second kappa shape index (κ2) is 5.02. The van der Waals surface area contributed by atoms with Crippen molar-refractivity contribution in [2.75, 3.05) is 0 Å². The SMILES string of the molecule is CC(Br)c1cc(Cl)n(Cc2ccccc2)n1. The van der Waals surface area contributed by atoms with Crippen LogP contribution < -0.4 is 0 Å². The fourth-order valence-electron chi connectivity index (χ4n) is 1.47. The highest BCUT2D eigenvalue weighted by molar-refractivity contribution is 9.09. The van der Waals surface area contributed by atoms with Crippen LogP contribution in [0.25, 0.3) is 0 Å². The predicted molar refractivity (Wildman–Crippen MR) is 70.1 cm³/mol. The molecule has 0 fully saturated rings. The third-order valence-corrected chi connectivity index (χ3v) is 3.11. The number of benzene rings is 1. The first kappa shape index (κ1) is 11.7. The Morgan fingerprint density at radius 2 is 2.06 bits per heavy atom. The monoisotopic (exact) mass is 298 g/mol. The fourth-order valence-corrected chi connectivity index (χ4v) is 1.91. The number of hydrogen-bond donors (Lipinski definition) is 0. The van der Waals surface area contributed by atoms with E-state index in [4.69, 9.17) is 11.6 Å². The van der Waals surface area contributed by atoms with Crippen LogP contribution in [-0.2, 0) is 6.54 Å². The Balaban J connectivity index is 2.22. The zero-order chi connectivity index (χ0) is 11.5. The van der Waals surface area contributed by atoms with Crippen LogP contribution in [0.4, 0.5) is 0 Å². The van der Waals surface area contributed by atoms with Gasteiger partial charge in [-0.15, -0.1) is 0 Å². The van der Waals surface area contributed by atoms with Gasteiger partial charge >= 0.3 is 0 Å². The van der Waals surface area contributed by atoms with Gasteiger partial charge in [-0.1, -0.05) is 57.9 Å². The molecule has 1 unspecified atom stereocenters. The minimum absolute atomic E-state index is 0.224. The molecule has 2 nitrogen and oxygen atoms in total. The van der Waals surface area contributed by atoms with Gasteiger partial charge in [-0.2, -0.15) is 5.10 Å². The molecule has 0 radical (unpaired) electrons. The van der Waals surface area contributed by atoms with Crippen molar-refractivity contribution in [3.8, 4) is 0 Å². The molecule has 0 amide bonds. The molecule has 2 aromatic rings. The molecule has 0 aliphatic rings. The van der Waals surface area contributed by atoms with Gasteiger partial charge in [0.25, 0.3) is 0 Å². The van der Waals surface area contributed by atoms with Crippen molar-refractivity contribution in [1.82, 2.24) is 9.78 Å². The van der Waals surface area contributed by atoms with Crippen molar-refractivity contribution in [3.63, 3.8) is 0 Å². The summed E-state index contributed by atoms with van der Waals surface area (Å²) in [5.74, 6) is 0. The largest absolute Gasteiger partial charge is 0.249 e. The minimum Gasteiger partial charge on any atom is -0.249 e. The van der Waals surface area contributed by atoms with Crippen LogP contribution in [0.3, 0.4) is 0 Å². The number of rotatable bonds is 3. The van der Waals surface area contributed by atoms with Gasteiger partial charge in [-0.05, 0) is 18.6 Å². The lowest BCUT2D eigenvalue weighted by molar-refractivity contribution is 0.674. The molecule has 0 spiro atoms. The van der Waals surface area contributed by atoms with Crippen molar-refractivity contribution in [2.45, 2.75) is 18.3 Å². The van der Waals surface area contributed by atoms with E-state index in [1.165, 1.54) is 5.56 Å². The molecule has 1 atom stereocenters. The standard InChI is InChI=1S/C12H12BrClN2/c1-9(13)11-7-12(14)16(15-11)8-10-5-3-2-4-6-10/h2-7,9H,8H2,1H3. The summed E-state index contributed by atoms with van der Waals surface area (Å²) >= 11 is 9.60. The van der Waals surface area contributed by atoms with Crippen LogP contribution in [0.15, 0.2) is 36.4 Å². The zero-order valence-corrected chi connectivity index (χ0v) is 11.2. The van der Waals surface area contributed by atoms with Crippen LogP contribution >= 0.6 is 27.5 Å². The van der Waals surface area contributed by atoms with Crippen molar-refractivity contribution in [1.29, 1.82) is 0 Å². The molecule has 0 saturated carbocycles. The van der Waals surface area contributed by atoms with E-state index in [9.17, 15) is 0 Å². The minimum atomic E-state index is 0.224. The number of halogens is 2. The first-order valence-corrected chi connectivity index (χ1v) is 6.37. The van der Waals surface area contributed by atoms with Gasteiger partial charge in [0.05, 0.1) is 17.1 Å². The molecule has 0 bridgehead atoms. The Hall–Kier alpha value is -0.800. The lowest BCUT2D eigenvalue weighted by Gasteiger charge is -2.03. The van der Waals surface area contributed by atoms with Crippen LogP contribution in [-0.4, -0.2) is 9.78 Å². The van der Waals surface area contributed by atoms with Crippen molar-refractivity contribution in [2.24, 2.45) is 0 Å². The van der Waals surface area contributed by atoms with E-state index in [2.05, 4.69) is 33.2 Å². The summed E-state index contributed by atoms with van der Waals surface area (Å²) in [4.78, 5) is 0.224. The molecular weight excluding hydrogens is 288 g/mol. The van der Waals surface area contributed by atoms with E-state index in [1.807, 2.05) is 35.9 Å². The van der Waals surface area contributed by atoms with Gasteiger partial charge in [0.15, 0.2) is 0 Å². The summed E-state index contributed by atoms with van der Waals surface area (Å²) in [5.41, 5.74) is 2.15. The van der Waals surface area contributed by atoms with Crippen molar-refractivity contribution in [3.05, 3.63) is 52.8 Å². The number of hydrogen-bond acceptors (Lipinski definition) is 1. The summed E-state index contributed by atoms with van der Waals surface area (Å²) in [6.45, 7) is 2.74. The summed E-state index contributed by atoms with van der Waals surface area (Å²) < 4.78 is 1.81. The third kappa shape index (κ3) is 2.66. The first-order chi connectivity index (χ1) is 7.66. The molecule has 0 N–H and O–H groups in total. The zero-order valence-electron chi connectivity index (χ0n) is 8.90. The maximum absolute atomic E-state index is 6.12. The summed E-state index contributed by atoms with van der Waals surface area (Å²) in [6, 6.07) is 12.1. The van der Waals surface area contributed by atoms with E-state index >= 15 is 0 Å². The highest BCUT2D eigenvalue weighted by Crippen LogP contribution is 2.23. The van der Waals surface area contributed by atoms with Gasteiger partial charge in [-0.3, -0.25) is 0 Å². The fraction of sp³-hybridized carbons (Fsp3) is 0.250. The molecule has 84 valence electrons. The number of nitrogens with zero attached hydrogens (tertiary/aromatic N) is 2. The van der Waals surface area contributed by atoms with Crippen LogP contribution in [0.1, 0.15) is 23.0 Å². The van der Waals surface area contributed by atoms with Crippen LogP contribution in [0, 0.1) is 0 Å². The summed E-state index contributed by atoms with van der Waals surface area (Å²) in [7, 11) is 0. The first-order valence-electron chi connectivity index (χ1n) is 5.08. The molecule has 1 aromatic heterocycles. The summed E-state index contributed by atoms with van der Waals surface area (Å²) in [5, 5.41) is 5.11. The molecule has 0 aliphatic carbocycles. The van der Waals surface area contributed by atoms with E-state index in [-0.39, 0.29) is 4.83 Å². The Kier molecular flexibility index (Phi) is 3.66. The van der Waals surface area contributed by atoms with Gasteiger partial charge in [-0.25, -0.2) is 4.68 Å².